The van der Waals surface area contributed by atoms with Gasteiger partial charge in [-0.3, -0.25) is 0 Å². The SMILES string of the molecule is Cc1ccccc1-c1cccc2c1OC(CN=[N+]=[N-])CN2C. The van der Waals surface area contributed by atoms with Crippen molar-refractivity contribution in [3.63, 3.8) is 0 Å². The lowest BCUT2D eigenvalue weighted by atomic mass is 9.98. The second-order valence-electron chi connectivity index (χ2n) is 5.50. The number of benzene rings is 2. The van der Waals surface area contributed by atoms with Crippen molar-refractivity contribution in [1.82, 2.24) is 0 Å². The van der Waals surface area contributed by atoms with Crippen molar-refractivity contribution in [3.05, 3.63) is 58.5 Å². The number of azide groups is 1. The molecule has 0 bridgehead atoms. The van der Waals surface area contributed by atoms with Gasteiger partial charge >= 0.3 is 0 Å². The van der Waals surface area contributed by atoms with Crippen LogP contribution in [0.4, 0.5) is 5.69 Å². The molecule has 0 aliphatic carbocycles. The number of fused-ring (bicyclic) bond motifs is 1. The van der Waals surface area contributed by atoms with E-state index in [4.69, 9.17) is 10.3 Å². The number of para-hydroxylation sites is 1. The van der Waals surface area contributed by atoms with Crippen molar-refractivity contribution in [2.24, 2.45) is 5.11 Å². The summed E-state index contributed by atoms with van der Waals surface area (Å²) in [5.74, 6) is 0.865. The van der Waals surface area contributed by atoms with Crippen molar-refractivity contribution in [2.45, 2.75) is 13.0 Å². The summed E-state index contributed by atoms with van der Waals surface area (Å²) in [7, 11) is 2.03. The summed E-state index contributed by atoms with van der Waals surface area (Å²) in [6.07, 6.45) is -0.126. The van der Waals surface area contributed by atoms with E-state index in [2.05, 4.69) is 46.1 Å². The molecule has 1 atom stereocenters. The van der Waals surface area contributed by atoms with E-state index < -0.39 is 0 Å². The smallest absolute Gasteiger partial charge is 0.150 e. The van der Waals surface area contributed by atoms with Crippen LogP contribution in [0.15, 0.2) is 47.6 Å². The fourth-order valence-electron chi connectivity index (χ4n) is 2.87. The molecule has 1 aliphatic rings. The first-order chi connectivity index (χ1) is 10.7. The third-order valence-electron chi connectivity index (χ3n) is 3.95. The van der Waals surface area contributed by atoms with Crippen LogP contribution in [0.3, 0.4) is 0 Å². The molecule has 1 aliphatic heterocycles. The minimum Gasteiger partial charge on any atom is -0.486 e. The number of anilines is 1. The van der Waals surface area contributed by atoms with E-state index in [-0.39, 0.29) is 6.10 Å². The van der Waals surface area contributed by atoms with Gasteiger partial charge in [-0.15, -0.1) is 0 Å². The Balaban J connectivity index is 2.07. The van der Waals surface area contributed by atoms with E-state index in [1.807, 2.05) is 25.2 Å². The normalized spacial score (nSPS) is 16.5. The van der Waals surface area contributed by atoms with Crippen LogP contribution < -0.4 is 9.64 Å². The molecule has 1 heterocycles. The van der Waals surface area contributed by atoms with Crippen LogP contribution in [0.1, 0.15) is 5.56 Å². The van der Waals surface area contributed by atoms with Gasteiger partial charge in [0.1, 0.15) is 6.10 Å². The largest absolute Gasteiger partial charge is 0.486 e. The maximum atomic E-state index is 8.52. The second kappa shape index (κ2) is 6.00. The number of hydrogen-bond acceptors (Lipinski definition) is 3. The molecule has 0 N–H and O–H groups in total. The summed E-state index contributed by atoms with van der Waals surface area (Å²) in [6, 6.07) is 14.4. The number of nitrogens with zero attached hydrogens (tertiary/aromatic N) is 4. The molecule has 0 aromatic heterocycles. The van der Waals surface area contributed by atoms with Crippen molar-refractivity contribution in [1.29, 1.82) is 0 Å². The minimum atomic E-state index is -0.126. The van der Waals surface area contributed by atoms with Gasteiger partial charge in [-0.25, -0.2) is 0 Å². The summed E-state index contributed by atoms with van der Waals surface area (Å²) in [5, 5.41) is 3.65. The topological polar surface area (TPSA) is 61.2 Å². The number of hydrogen-bond donors (Lipinski definition) is 0. The predicted octanol–water partition coefficient (Wildman–Crippen LogP) is 4.17. The van der Waals surface area contributed by atoms with Gasteiger partial charge in [0.25, 0.3) is 0 Å². The van der Waals surface area contributed by atoms with Gasteiger partial charge in [-0.2, -0.15) is 0 Å². The van der Waals surface area contributed by atoms with Crippen LogP contribution in [-0.4, -0.2) is 26.2 Å². The lowest BCUT2D eigenvalue weighted by molar-refractivity contribution is 0.205. The van der Waals surface area contributed by atoms with Gasteiger partial charge in [0.15, 0.2) is 5.75 Å². The van der Waals surface area contributed by atoms with E-state index in [9.17, 15) is 0 Å². The summed E-state index contributed by atoms with van der Waals surface area (Å²) in [4.78, 5) is 4.98. The zero-order valence-corrected chi connectivity index (χ0v) is 12.7. The maximum Gasteiger partial charge on any atom is 0.150 e. The highest BCUT2D eigenvalue weighted by Gasteiger charge is 2.25. The van der Waals surface area contributed by atoms with E-state index in [1.54, 1.807) is 0 Å². The molecule has 0 spiro atoms. The number of aryl methyl sites for hydroxylation is 1. The lowest BCUT2D eigenvalue weighted by Gasteiger charge is -2.34. The third kappa shape index (κ3) is 2.59. The zero-order valence-electron chi connectivity index (χ0n) is 12.7. The molecule has 0 fully saturated rings. The Kier molecular flexibility index (Phi) is 3.90. The molecule has 2 aromatic rings. The fraction of sp³-hybridized carbons (Fsp3) is 0.294. The first kappa shape index (κ1) is 14.3. The molecule has 112 valence electrons. The molecule has 1 unspecified atom stereocenters. The van der Waals surface area contributed by atoms with Crippen LogP contribution >= 0.6 is 0 Å². The van der Waals surface area contributed by atoms with Gasteiger partial charge < -0.3 is 9.64 Å². The van der Waals surface area contributed by atoms with Crippen LogP contribution in [0.2, 0.25) is 0 Å². The molecule has 0 radical (unpaired) electrons. The minimum absolute atomic E-state index is 0.126. The van der Waals surface area contributed by atoms with E-state index in [0.29, 0.717) is 13.1 Å². The summed E-state index contributed by atoms with van der Waals surface area (Å²) in [5.41, 5.74) is 13.0. The van der Waals surface area contributed by atoms with Gasteiger partial charge in [0.2, 0.25) is 0 Å². The highest BCUT2D eigenvalue weighted by Crippen LogP contribution is 2.42. The van der Waals surface area contributed by atoms with Crippen LogP contribution in [0, 0.1) is 6.92 Å². The Hall–Kier alpha value is -2.65. The van der Waals surface area contributed by atoms with Crippen LogP contribution in [0.5, 0.6) is 5.75 Å². The monoisotopic (exact) mass is 294 g/mol. The Morgan fingerprint density at radius 2 is 2.00 bits per heavy atom. The second-order valence-corrected chi connectivity index (χ2v) is 5.50. The Morgan fingerprint density at radius 3 is 2.77 bits per heavy atom. The Labute approximate surface area is 129 Å². The molecule has 0 saturated carbocycles. The molecular weight excluding hydrogens is 276 g/mol. The highest BCUT2D eigenvalue weighted by molar-refractivity contribution is 5.81. The van der Waals surface area contributed by atoms with Gasteiger partial charge in [0, 0.05) is 17.5 Å². The summed E-state index contributed by atoms with van der Waals surface area (Å²) in [6.45, 7) is 3.14. The van der Waals surface area contributed by atoms with Gasteiger partial charge in [0.05, 0.1) is 18.8 Å². The van der Waals surface area contributed by atoms with Crippen molar-refractivity contribution in [3.8, 4) is 16.9 Å². The summed E-state index contributed by atoms with van der Waals surface area (Å²) >= 11 is 0. The average Bonchev–Trinajstić information content (AvgIpc) is 2.53. The van der Waals surface area contributed by atoms with E-state index >= 15 is 0 Å². The molecule has 22 heavy (non-hydrogen) atoms. The molecular formula is C17H18N4O. The fourth-order valence-corrected chi connectivity index (χ4v) is 2.87. The quantitative estimate of drug-likeness (QED) is 0.484. The van der Waals surface area contributed by atoms with Gasteiger partial charge in [-0.1, -0.05) is 41.5 Å². The molecule has 3 rings (SSSR count). The molecule has 2 aromatic carbocycles. The number of likely N-dealkylation sites (N-methyl/N-ethyl adjacent to an activating group) is 1. The van der Waals surface area contributed by atoms with Gasteiger partial charge in [-0.05, 0) is 29.6 Å². The lowest BCUT2D eigenvalue weighted by Crippen LogP contribution is -2.39. The number of ether oxygens (including phenoxy) is 1. The molecule has 5 nitrogen and oxygen atoms in total. The first-order valence-corrected chi connectivity index (χ1v) is 7.28. The van der Waals surface area contributed by atoms with Crippen molar-refractivity contribution < 1.29 is 4.74 Å². The zero-order chi connectivity index (χ0) is 15.5. The molecule has 5 heteroatoms. The standard InChI is InChI=1S/C17H18N4O/c1-12-6-3-4-7-14(12)15-8-5-9-16-17(15)22-13(10-19-20-18)11-21(16)2/h3-9,13H,10-11H2,1-2H3. The Bertz CT molecular complexity index is 737. The van der Waals surface area contributed by atoms with Crippen LogP contribution in [0.25, 0.3) is 21.6 Å². The van der Waals surface area contributed by atoms with E-state index in [0.717, 1.165) is 22.6 Å². The highest BCUT2D eigenvalue weighted by atomic mass is 16.5. The van der Waals surface area contributed by atoms with Crippen LogP contribution in [-0.2, 0) is 0 Å². The van der Waals surface area contributed by atoms with Crippen molar-refractivity contribution in [2.75, 3.05) is 25.0 Å². The Morgan fingerprint density at radius 1 is 1.23 bits per heavy atom. The van der Waals surface area contributed by atoms with E-state index in [1.165, 1.54) is 5.56 Å². The predicted molar refractivity (Wildman–Crippen MR) is 88.3 cm³/mol. The molecule has 0 saturated heterocycles. The average molecular weight is 294 g/mol. The third-order valence-corrected chi connectivity index (χ3v) is 3.95. The summed E-state index contributed by atoms with van der Waals surface area (Å²) < 4.78 is 6.14. The molecule has 0 amide bonds. The number of rotatable bonds is 3. The maximum absolute atomic E-state index is 8.52. The van der Waals surface area contributed by atoms with Crippen molar-refractivity contribution >= 4 is 5.69 Å². The first-order valence-electron chi connectivity index (χ1n) is 7.28.